The van der Waals surface area contributed by atoms with Crippen molar-refractivity contribution in [1.82, 2.24) is 4.90 Å². The van der Waals surface area contributed by atoms with Crippen molar-refractivity contribution in [2.75, 3.05) is 11.1 Å². The first kappa shape index (κ1) is 20.6. The summed E-state index contributed by atoms with van der Waals surface area (Å²) in [5.74, 6) is 0.487. The lowest BCUT2D eigenvalue weighted by molar-refractivity contribution is -0.125. The van der Waals surface area contributed by atoms with Crippen LogP contribution in [0.15, 0.2) is 52.4 Å². The first-order valence-corrected chi connectivity index (χ1v) is 11.0. The summed E-state index contributed by atoms with van der Waals surface area (Å²) in [7, 11) is 0. The van der Waals surface area contributed by atoms with Crippen LogP contribution in [0.3, 0.4) is 0 Å². The number of para-hydroxylation sites is 1. The normalized spacial score (nSPS) is 17.4. The van der Waals surface area contributed by atoms with Crippen molar-refractivity contribution < 1.29 is 9.59 Å². The van der Waals surface area contributed by atoms with Crippen molar-refractivity contribution in [3.05, 3.63) is 58.6 Å². The lowest BCUT2D eigenvalue weighted by atomic mass is 10.1. The highest BCUT2D eigenvalue weighted by molar-refractivity contribution is 8.14. The van der Waals surface area contributed by atoms with Gasteiger partial charge in [-0.1, -0.05) is 55.4 Å². The lowest BCUT2D eigenvalue weighted by Gasteiger charge is -2.25. The largest absolute Gasteiger partial charge is 0.325 e. The maximum atomic E-state index is 13.0. The Kier molecular flexibility index (Phi) is 5.66. The van der Waals surface area contributed by atoms with Crippen molar-refractivity contribution in [2.45, 2.75) is 26.8 Å². The number of aryl methyl sites for hydroxylation is 1. The van der Waals surface area contributed by atoms with Crippen molar-refractivity contribution in [2.24, 2.45) is 15.9 Å². The molecule has 0 aromatic heterocycles. The summed E-state index contributed by atoms with van der Waals surface area (Å²) in [6.07, 6.45) is 0. The number of carbonyl (C=O) groups excluding carboxylic acids is 2. The van der Waals surface area contributed by atoms with E-state index in [2.05, 4.69) is 15.3 Å². The second kappa shape index (κ2) is 8.24. The van der Waals surface area contributed by atoms with Gasteiger partial charge >= 0.3 is 0 Å². The number of anilines is 1. The molecule has 2 aromatic carbocycles. The Hall–Kier alpha value is -2.64. The van der Waals surface area contributed by atoms with E-state index in [-0.39, 0.29) is 23.5 Å². The molecule has 4 rings (SSSR count). The Labute approximate surface area is 184 Å². The molecule has 154 valence electrons. The molecule has 0 unspecified atom stereocenters. The Balaban J connectivity index is 1.56. The molecule has 0 spiro atoms. The summed E-state index contributed by atoms with van der Waals surface area (Å²) in [6.45, 7) is 5.85. The molecule has 1 N–H and O–H groups in total. The van der Waals surface area contributed by atoms with E-state index in [1.165, 1.54) is 11.8 Å². The standard InChI is InChI=1S/C22H21ClN4O2S/c1-12(2)19-21(29)27-20(26-19)15-6-4-5-7-16(15)25-22(27)30-11-18(28)24-17-10-14(23)9-8-13(17)3/h4-10,12,19H,11H2,1-3H3,(H,24,28)/t19-/m1/s1. The van der Waals surface area contributed by atoms with Crippen LogP contribution >= 0.6 is 23.4 Å². The minimum atomic E-state index is -0.445. The number of benzene rings is 2. The minimum Gasteiger partial charge on any atom is -0.325 e. The molecular formula is C22H21ClN4O2S. The zero-order valence-corrected chi connectivity index (χ0v) is 18.4. The highest BCUT2D eigenvalue weighted by Crippen LogP contribution is 2.34. The number of nitrogens with one attached hydrogen (secondary N) is 1. The molecule has 6 nitrogen and oxygen atoms in total. The lowest BCUT2D eigenvalue weighted by Crippen LogP contribution is -2.42. The van der Waals surface area contributed by atoms with Crippen LogP contribution in [0.25, 0.3) is 0 Å². The Morgan fingerprint density at radius 3 is 2.80 bits per heavy atom. The number of carbonyl (C=O) groups is 2. The predicted molar refractivity (Wildman–Crippen MR) is 123 cm³/mol. The van der Waals surface area contributed by atoms with Crippen molar-refractivity contribution in [3.8, 4) is 0 Å². The Morgan fingerprint density at radius 1 is 1.27 bits per heavy atom. The van der Waals surface area contributed by atoms with Crippen LogP contribution in [-0.4, -0.2) is 39.5 Å². The maximum Gasteiger partial charge on any atom is 0.259 e. The van der Waals surface area contributed by atoms with Crippen LogP contribution < -0.4 is 5.32 Å². The number of halogens is 1. The molecule has 30 heavy (non-hydrogen) atoms. The van der Waals surface area contributed by atoms with Crippen LogP contribution in [0.2, 0.25) is 5.02 Å². The average molecular weight is 441 g/mol. The van der Waals surface area contributed by atoms with Crippen LogP contribution in [-0.2, 0) is 9.59 Å². The summed E-state index contributed by atoms with van der Waals surface area (Å²) in [5.41, 5.74) is 3.17. The van der Waals surface area contributed by atoms with E-state index in [9.17, 15) is 9.59 Å². The number of thioether (sulfide) groups is 1. The van der Waals surface area contributed by atoms with Gasteiger partial charge in [0.1, 0.15) is 11.9 Å². The van der Waals surface area contributed by atoms with Crippen molar-refractivity contribution >= 4 is 57.6 Å². The maximum absolute atomic E-state index is 13.0. The van der Waals surface area contributed by atoms with E-state index in [1.807, 2.05) is 51.1 Å². The highest BCUT2D eigenvalue weighted by Gasteiger charge is 2.42. The highest BCUT2D eigenvalue weighted by atomic mass is 35.5. The number of hydrogen-bond donors (Lipinski definition) is 1. The molecular weight excluding hydrogens is 420 g/mol. The van der Waals surface area contributed by atoms with Gasteiger partial charge in [-0.05, 0) is 42.7 Å². The summed E-state index contributed by atoms with van der Waals surface area (Å²) in [4.78, 5) is 36.4. The van der Waals surface area contributed by atoms with Gasteiger partial charge < -0.3 is 5.32 Å². The van der Waals surface area contributed by atoms with E-state index >= 15 is 0 Å². The fourth-order valence-electron chi connectivity index (χ4n) is 3.35. The number of nitrogens with zero attached hydrogens (tertiary/aromatic N) is 3. The van der Waals surface area contributed by atoms with Gasteiger partial charge in [0.25, 0.3) is 5.91 Å². The third kappa shape index (κ3) is 3.87. The third-order valence-corrected chi connectivity index (χ3v) is 6.11. The zero-order valence-electron chi connectivity index (χ0n) is 16.8. The van der Waals surface area contributed by atoms with E-state index < -0.39 is 6.04 Å². The first-order valence-electron chi connectivity index (χ1n) is 9.64. The van der Waals surface area contributed by atoms with Gasteiger partial charge in [-0.3, -0.25) is 14.6 Å². The number of amidine groups is 2. The van der Waals surface area contributed by atoms with Gasteiger partial charge in [0.2, 0.25) is 5.91 Å². The van der Waals surface area contributed by atoms with Gasteiger partial charge in [-0.25, -0.2) is 9.89 Å². The molecule has 0 saturated heterocycles. The number of aliphatic imine (C=N–C) groups is 2. The van der Waals surface area contributed by atoms with E-state index in [0.717, 1.165) is 16.8 Å². The Morgan fingerprint density at radius 2 is 2.03 bits per heavy atom. The first-order chi connectivity index (χ1) is 14.3. The number of rotatable bonds is 4. The molecule has 2 heterocycles. The number of hydrogen-bond acceptors (Lipinski definition) is 5. The molecule has 0 radical (unpaired) electrons. The zero-order chi connectivity index (χ0) is 21.4. The molecule has 0 aliphatic carbocycles. The van der Waals surface area contributed by atoms with E-state index in [0.29, 0.717) is 21.7 Å². The summed E-state index contributed by atoms with van der Waals surface area (Å²) >= 11 is 7.25. The quantitative estimate of drug-likeness (QED) is 0.752. The number of amides is 2. The summed E-state index contributed by atoms with van der Waals surface area (Å²) in [6, 6.07) is 12.5. The molecule has 0 bridgehead atoms. The van der Waals surface area contributed by atoms with Gasteiger partial charge in [-0.15, -0.1) is 0 Å². The minimum absolute atomic E-state index is 0.0723. The molecule has 2 aliphatic rings. The fourth-order valence-corrected chi connectivity index (χ4v) is 4.32. The van der Waals surface area contributed by atoms with Gasteiger partial charge in [-0.2, -0.15) is 0 Å². The second-order valence-corrected chi connectivity index (χ2v) is 8.90. The second-order valence-electron chi connectivity index (χ2n) is 7.52. The van der Waals surface area contributed by atoms with Crippen LogP contribution in [0.1, 0.15) is 25.0 Å². The summed E-state index contributed by atoms with van der Waals surface area (Å²) < 4.78 is 0. The molecule has 1 atom stereocenters. The van der Waals surface area contributed by atoms with Crippen LogP contribution in [0, 0.1) is 12.8 Å². The van der Waals surface area contributed by atoms with Gasteiger partial charge in [0, 0.05) is 16.3 Å². The van der Waals surface area contributed by atoms with Crippen molar-refractivity contribution in [3.63, 3.8) is 0 Å². The Bertz CT molecular complexity index is 1100. The van der Waals surface area contributed by atoms with Crippen LogP contribution in [0.4, 0.5) is 11.4 Å². The predicted octanol–water partition coefficient (Wildman–Crippen LogP) is 4.63. The molecule has 0 saturated carbocycles. The molecule has 2 amide bonds. The smallest absolute Gasteiger partial charge is 0.259 e. The van der Waals surface area contributed by atoms with Crippen molar-refractivity contribution in [1.29, 1.82) is 0 Å². The van der Waals surface area contributed by atoms with E-state index in [1.54, 1.807) is 17.0 Å². The van der Waals surface area contributed by atoms with Gasteiger partial charge in [0.05, 0.1) is 11.4 Å². The van der Waals surface area contributed by atoms with Gasteiger partial charge in [0.15, 0.2) is 5.17 Å². The molecule has 2 aromatic rings. The van der Waals surface area contributed by atoms with Crippen LogP contribution in [0.5, 0.6) is 0 Å². The average Bonchev–Trinajstić information content (AvgIpc) is 3.07. The number of fused-ring (bicyclic) bond motifs is 3. The summed E-state index contributed by atoms with van der Waals surface area (Å²) in [5, 5.41) is 3.90. The fraction of sp³-hybridized carbons (Fsp3) is 0.273. The monoisotopic (exact) mass is 440 g/mol. The topological polar surface area (TPSA) is 74.1 Å². The van der Waals surface area contributed by atoms with E-state index in [4.69, 9.17) is 11.6 Å². The molecule has 2 aliphatic heterocycles. The molecule has 0 fully saturated rings. The molecule has 8 heteroatoms. The SMILES string of the molecule is Cc1ccc(Cl)cc1NC(=O)CSC1=Nc2ccccc2C2=N[C@H](C(C)C)C(=O)N12. The third-order valence-electron chi connectivity index (χ3n) is 4.94.